The van der Waals surface area contributed by atoms with Gasteiger partial charge in [-0.1, -0.05) is 12.1 Å². The molecule has 0 spiro atoms. The van der Waals surface area contributed by atoms with Crippen LogP contribution in [0.1, 0.15) is 31.5 Å². The second kappa shape index (κ2) is 8.28. The number of tetrazole rings is 1. The molecule has 0 amide bonds. The van der Waals surface area contributed by atoms with E-state index in [4.69, 9.17) is 9.26 Å². The van der Waals surface area contributed by atoms with Gasteiger partial charge in [0.05, 0.1) is 6.42 Å². The first-order chi connectivity index (χ1) is 12.7. The summed E-state index contributed by atoms with van der Waals surface area (Å²) in [6.07, 6.45) is 1.20. The summed E-state index contributed by atoms with van der Waals surface area (Å²) in [5.41, 5.74) is 0.631. The van der Waals surface area contributed by atoms with Crippen molar-refractivity contribution in [2.24, 2.45) is 0 Å². The lowest BCUT2D eigenvalue weighted by molar-refractivity contribution is -0.145. The third-order valence-electron chi connectivity index (χ3n) is 3.52. The molecule has 0 saturated heterocycles. The number of hydrogen-bond acceptors (Lipinski definition) is 8. The zero-order chi connectivity index (χ0) is 18.4. The van der Waals surface area contributed by atoms with Crippen LogP contribution in [0.4, 0.5) is 4.39 Å². The van der Waals surface area contributed by atoms with E-state index in [2.05, 4.69) is 25.7 Å². The Morgan fingerprint density at radius 1 is 1.31 bits per heavy atom. The van der Waals surface area contributed by atoms with Crippen molar-refractivity contribution in [3.8, 4) is 11.4 Å². The first kappa shape index (κ1) is 17.6. The molecule has 26 heavy (non-hydrogen) atoms. The maximum Gasteiger partial charge on any atom is 0.306 e. The molecule has 0 atom stereocenters. The van der Waals surface area contributed by atoms with Crippen LogP contribution in [0.5, 0.6) is 0 Å². The molecule has 0 N–H and O–H groups in total. The molecule has 136 valence electrons. The van der Waals surface area contributed by atoms with Crippen molar-refractivity contribution in [1.82, 2.24) is 30.3 Å². The summed E-state index contributed by atoms with van der Waals surface area (Å²) in [4.78, 5) is 16.0. The number of esters is 1. The molecule has 3 rings (SSSR count). The Kier molecular flexibility index (Phi) is 5.62. The molecular formula is C16H17FN6O3. The fraction of sp³-hybridized carbons (Fsp3) is 0.375. The van der Waals surface area contributed by atoms with E-state index in [9.17, 15) is 9.18 Å². The van der Waals surface area contributed by atoms with Crippen LogP contribution in [-0.2, 0) is 29.1 Å². The second-order valence-corrected chi connectivity index (χ2v) is 5.50. The van der Waals surface area contributed by atoms with Gasteiger partial charge < -0.3 is 9.26 Å². The third-order valence-corrected chi connectivity index (χ3v) is 3.52. The fourth-order valence-electron chi connectivity index (χ4n) is 2.21. The van der Waals surface area contributed by atoms with Gasteiger partial charge >= 0.3 is 5.97 Å². The van der Waals surface area contributed by atoms with E-state index in [0.29, 0.717) is 29.6 Å². The fourth-order valence-corrected chi connectivity index (χ4v) is 2.21. The highest BCUT2D eigenvalue weighted by molar-refractivity contribution is 5.69. The maximum absolute atomic E-state index is 12.9. The molecule has 9 nitrogen and oxygen atoms in total. The standard InChI is InChI=1S/C16H17FN6O3/c1-2-9-23-13(19-21-22-23)10-25-15(24)8-7-14-18-16(20-26-14)11-3-5-12(17)6-4-11/h3-6H,2,7-10H2,1H3. The number of benzene rings is 1. The molecule has 0 aliphatic rings. The smallest absolute Gasteiger partial charge is 0.306 e. The minimum Gasteiger partial charge on any atom is -0.457 e. The van der Waals surface area contributed by atoms with Crippen molar-refractivity contribution >= 4 is 5.97 Å². The van der Waals surface area contributed by atoms with Gasteiger partial charge in [-0.25, -0.2) is 9.07 Å². The van der Waals surface area contributed by atoms with E-state index in [1.807, 2.05) is 6.92 Å². The van der Waals surface area contributed by atoms with Crippen molar-refractivity contribution in [3.63, 3.8) is 0 Å². The molecule has 0 fully saturated rings. The molecule has 1 aromatic carbocycles. The van der Waals surface area contributed by atoms with Crippen LogP contribution in [0.15, 0.2) is 28.8 Å². The highest BCUT2D eigenvalue weighted by Gasteiger charge is 2.13. The van der Waals surface area contributed by atoms with E-state index in [-0.39, 0.29) is 25.3 Å². The zero-order valence-corrected chi connectivity index (χ0v) is 14.1. The van der Waals surface area contributed by atoms with Crippen LogP contribution in [0.25, 0.3) is 11.4 Å². The summed E-state index contributed by atoms with van der Waals surface area (Å²) in [7, 11) is 0. The maximum atomic E-state index is 12.9. The van der Waals surface area contributed by atoms with E-state index < -0.39 is 5.97 Å². The van der Waals surface area contributed by atoms with Gasteiger partial charge in [0, 0.05) is 18.5 Å². The predicted molar refractivity (Wildman–Crippen MR) is 85.9 cm³/mol. The first-order valence-electron chi connectivity index (χ1n) is 8.15. The molecule has 3 aromatic rings. The number of rotatable bonds is 8. The van der Waals surface area contributed by atoms with Crippen LogP contribution in [-0.4, -0.2) is 36.3 Å². The van der Waals surface area contributed by atoms with Crippen LogP contribution in [0.2, 0.25) is 0 Å². The molecule has 0 aliphatic carbocycles. The summed E-state index contributed by atoms with van der Waals surface area (Å²) in [5, 5.41) is 15.0. The lowest BCUT2D eigenvalue weighted by Crippen LogP contribution is -2.11. The molecule has 2 aromatic heterocycles. The summed E-state index contributed by atoms with van der Waals surface area (Å²) in [5.74, 6) is 0.378. The number of ether oxygens (including phenoxy) is 1. The number of hydrogen-bond donors (Lipinski definition) is 0. The normalized spacial score (nSPS) is 10.8. The lowest BCUT2D eigenvalue weighted by Gasteiger charge is -2.04. The van der Waals surface area contributed by atoms with Crippen molar-refractivity contribution in [2.45, 2.75) is 39.3 Å². The number of aromatic nitrogens is 6. The van der Waals surface area contributed by atoms with Crippen LogP contribution in [0.3, 0.4) is 0 Å². The topological polar surface area (TPSA) is 109 Å². The SMILES string of the molecule is CCCn1nnnc1COC(=O)CCc1nc(-c2ccc(F)cc2)no1. The van der Waals surface area contributed by atoms with Gasteiger partial charge in [0.2, 0.25) is 11.7 Å². The van der Waals surface area contributed by atoms with Crippen LogP contribution >= 0.6 is 0 Å². The van der Waals surface area contributed by atoms with E-state index >= 15 is 0 Å². The molecule has 0 aliphatic heterocycles. The van der Waals surface area contributed by atoms with Gasteiger partial charge in [-0.3, -0.25) is 4.79 Å². The second-order valence-electron chi connectivity index (χ2n) is 5.50. The van der Waals surface area contributed by atoms with Gasteiger partial charge in [-0.15, -0.1) is 5.10 Å². The van der Waals surface area contributed by atoms with Crippen molar-refractivity contribution in [3.05, 3.63) is 41.8 Å². The van der Waals surface area contributed by atoms with Crippen molar-refractivity contribution < 1.29 is 18.4 Å². The number of aryl methyl sites for hydroxylation is 2. The molecule has 0 saturated carbocycles. The number of carbonyl (C=O) groups is 1. The largest absolute Gasteiger partial charge is 0.457 e. The van der Waals surface area contributed by atoms with Gasteiger partial charge in [0.15, 0.2) is 12.4 Å². The molecule has 0 bridgehead atoms. The van der Waals surface area contributed by atoms with Crippen molar-refractivity contribution in [2.75, 3.05) is 0 Å². The van der Waals surface area contributed by atoms with E-state index in [0.717, 1.165) is 6.42 Å². The van der Waals surface area contributed by atoms with Gasteiger partial charge in [0.1, 0.15) is 5.82 Å². The Bertz CT molecular complexity index is 861. The van der Waals surface area contributed by atoms with Gasteiger partial charge in [-0.05, 0) is 41.1 Å². The van der Waals surface area contributed by atoms with Gasteiger partial charge in [-0.2, -0.15) is 4.98 Å². The Hall–Kier alpha value is -3.17. The lowest BCUT2D eigenvalue weighted by atomic mass is 10.2. The molecule has 0 radical (unpaired) electrons. The van der Waals surface area contributed by atoms with E-state index in [1.165, 1.54) is 12.1 Å². The Morgan fingerprint density at radius 2 is 2.12 bits per heavy atom. The van der Waals surface area contributed by atoms with Crippen LogP contribution < -0.4 is 0 Å². The summed E-state index contributed by atoms with van der Waals surface area (Å²) < 4.78 is 24.8. The molecule has 0 unspecified atom stereocenters. The summed E-state index contributed by atoms with van der Waals surface area (Å²) in [6.45, 7) is 2.67. The van der Waals surface area contributed by atoms with Gasteiger partial charge in [0.25, 0.3) is 0 Å². The Balaban J connectivity index is 1.49. The minimum atomic E-state index is -0.419. The average Bonchev–Trinajstić information content (AvgIpc) is 3.29. The van der Waals surface area contributed by atoms with Crippen LogP contribution in [0, 0.1) is 5.82 Å². The Morgan fingerprint density at radius 3 is 2.88 bits per heavy atom. The first-order valence-corrected chi connectivity index (χ1v) is 8.15. The average molecular weight is 360 g/mol. The van der Waals surface area contributed by atoms with Crippen molar-refractivity contribution in [1.29, 1.82) is 0 Å². The molecular weight excluding hydrogens is 343 g/mol. The molecule has 2 heterocycles. The minimum absolute atomic E-state index is 0.0104. The highest BCUT2D eigenvalue weighted by atomic mass is 19.1. The molecule has 10 heteroatoms. The third kappa shape index (κ3) is 4.47. The summed E-state index contributed by atoms with van der Waals surface area (Å²) >= 11 is 0. The summed E-state index contributed by atoms with van der Waals surface area (Å²) in [6, 6.07) is 5.74. The van der Waals surface area contributed by atoms with E-state index in [1.54, 1.807) is 16.8 Å². The monoisotopic (exact) mass is 360 g/mol. The zero-order valence-electron chi connectivity index (χ0n) is 14.1. The number of carbonyl (C=O) groups excluding carboxylic acids is 1. The number of halogens is 1. The highest BCUT2D eigenvalue weighted by Crippen LogP contribution is 2.16. The predicted octanol–water partition coefficient (Wildman–Crippen LogP) is 1.95. The number of nitrogens with zero attached hydrogens (tertiary/aromatic N) is 6. The quantitative estimate of drug-likeness (QED) is 0.561. The Labute approximate surface area is 148 Å².